The normalized spacial score (nSPS) is 22.5. The number of nitrogens with one attached hydrogen (secondary N) is 3. The number of nitrogens with zero attached hydrogens (tertiary/aromatic N) is 1. The molecule has 0 aromatic carbocycles. The van der Waals surface area contributed by atoms with Crippen LogP contribution in [0, 0.1) is 17.8 Å². The predicted molar refractivity (Wildman–Crippen MR) is 131 cm³/mol. The van der Waals surface area contributed by atoms with E-state index in [1.807, 2.05) is 0 Å². The third-order valence-electron chi connectivity index (χ3n) is 7.29. The number of hydrogen-bond acceptors (Lipinski definition) is 7. The predicted octanol–water partition coefficient (Wildman–Crippen LogP) is 3.32. The summed E-state index contributed by atoms with van der Waals surface area (Å²) >= 11 is 0. The highest BCUT2D eigenvalue weighted by atomic mass is 16.6. The summed E-state index contributed by atoms with van der Waals surface area (Å²) in [5, 5.41) is 16.5. The first-order chi connectivity index (χ1) is 17.4. The van der Waals surface area contributed by atoms with Crippen LogP contribution >= 0.6 is 0 Å². The first-order valence-corrected chi connectivity index (χ1v) is 13.4. The van der Waals surface area contributed by atoms with Crippen LogP contribution in [-0.2, 0) is 19.1 Å². The van der Waals surface area contributed by atoms with E-state index in [-0.39, 0.29) is 18.4 Å². The van der Waals surface area contributed by atoms with Gasteiger partial charge in [-0.1, -0.05) is 44.9 Å². The van der Waals surface area contributed by atoms with Crippen LogP contribution in [0.3, 0.4) is 0 Å². The molecule has 11 nitrogen and oxygen atoms in total. The molecular weight excluding hydrogens is 468 g/mol. The third-order valence-corrected chi connectivity index (χ3v) is 7.29. The molecule has 3 amide bonds. The van der Waals surface area contributed by atoms with Crippen LogP contribution in [-0.4, -0.2) is 60.9 Å². The maximum atomic E-state index is 12.3. The molecule has 1 aliphatic heterocycles. The van der Waals surface area contributed by atoms with Crippen molar-refractivity contribution in [3.63, 3.8) is 0 Å². The molecule has 3 fully saturated rings. The van der Waals surface area contributed by atoms with Gasteiger partial charge < -0.3 is 19.9 Å². The molecule has 1 heterocycles. The summed E-state index contributed by atoms with van der Waals surface area (Å²) in [6.45, 7) is 0.937. The van der Waals surface area contributed by atoms with E-state index in [4.69, 9.17) is 14.6 Å². The van der Waals surface area contributed by atoms with E-state index in [1.165, 1.54) is 12.8 Å². The molecule has 0 bridgehead atoms. The van der Waals surface area contributed by atoms with Crippen molar-refractivity contribution < 1.29 is 33.8 Å². The van der Waals surface area contributed by atoms with Gasteiger partial charge in [0.25, 0.3) is 0 Å². The largest absolute Gasteiger partial charge is 0.480 e. The van der Waals surface area contributed by atoms with Gasteiger partial charge in [0.15, 0.2) is 0 Å². The molecule has 0 spiro atoms. The molecule has 0 radical (unpaired) electrons. The minimum absolute atomic E-state index is 0.0397. The lowest BCUT2D eigenvalue weighted by atomic mass is 9.86. The van der Waals surface area contributed by atoms with Crippen molar-refractivity contribution in [3.8, 4) is 0 Å². The monoisotopic (exact) mass is 508 g/mol. The number of carboxylic acid groups (broad SMARTS) is 1. The molecule has 202 valence electrons. The van der Waals surface area contributed by atoms with Crippen molar-refractivity contribution in [3.05, 3.63) is 0 Å². The number of aliphatic carboxylic acids is 1. The van der Waals surface area contributed by atoms with E-state index >= 15 is 0 Å². The van der Waals surface area contributed by atoms with Crippen molar-refractivity contribution in [1.29, 1.82) is 0 Å². The highest BCUT2D eigenvalue weighted by molar-refractivity contribution is 6.01. The Kier molecular flexibility index (Phi) is 11.3. The molecule has 36 heavy (non-hydrogen) atoms. The zero-order valence-electron chi connectivity index (χ0n) is 21.0. The Hall–Kier alpha value is -2.85. The summed E-state index contributed by atoms with van der Waals surface area (Å²) in [7, 11) is 0. The number of aliphatic imine (C=N–C) groups is 1. The van der Waals surface area contributed by atoms with Gasteiger partial charge in [-0.15, -0.1) is 0 Å². The average molecular weight is 509 g/mol. The molecule has 0 aromatic heterocycles. The molecule has 1 saturated heterocycles. The number of carbonyl (C=O) groups is 4. The molecule has 2 atom stereocenters. The van der Waals surface area contributed by atoms with Gasteiger partial charge in [0.1, 0.15) is 6.04 Å². The summed E-state index contributed by atoms with van der Waals surface area (Å²) in [4.78, 5) is 51.6. The maximum absolute atomic E-state index is 12.3. The van der Waals surface area contributed by atoms with Gasteiger partial charge in [-0.2, -0.15) is 0 Å². The fourth-order valence-electron chi connectivity index (χ4n) is 5.09. The maximum Gasteiger partial charge on any atom is 0.413 e. The van der Waals surface area contributed by atoms with Gasteiger partial charge >= 0.3 is 18.2 Å². The van der Waals surface area contributed by atoms with E-state index in [0.717, 1.165) is 51.4 Å². The van der Waals surface area contributed by atoms with Crippen molar-refractivity contribution in [2.75, 3.05) is 19.8 Å². The molecule has 3 aliphatic rings. The molecule has 2 aliphatic carbocycles. The second-order valence-electron chi connectivity index (χ2n) is 10.1. The smallest absolute Gasteiger partial charge is 0.413 e. The summed E-state index contributed by atoms with van der Waals surface area (Å²) in [5.74, 6) is -1.15. The molecule has 4 N–H and O–H groups in total. The van der Waals surface area contributed by atoms with Crippen molar-refractivity contribution >= 4 is 30.0 Å². The SMILES string of the molecule is O=C(NC(=NCCCC[C@H]1C(=O)NC1C(=O)O)NC(=O)OCC1CCCCC1)OCC1CCCCC1. The number of rotatable bonds is 10. The van der Waals surface area contributed by atoms with Gasteiger partial charge in [0.05, 0.1) is 19.1 Å². The summed E-state index contributed by atoms with van der Waals surface area (Å²) < 4.78 is 10.7. The lowest BCUT2D eigenvalue weighted by Crippen LogP contribution is -2.61. The van der Waals surface area contributed by atoms with Crippen molar-refractivity contribution in [1.82, 2.24) is 16.0 Å². The van der Waals surface area contributed by atoms with Crippen LogP contribution in [0.15, 0.2) is 4.99 Å². The minimum Gasteiger partial charge on any atom is -0.480 e. The minimum atomic E-state index is -1.04. The molecule has 2 saturated carbocycles. The number of alkyl carbamates (subject to hydrolysis) is 2. The van der Waals surface area contributed by atoms with Gasteiger partial charge in [0, 0.05) is 6.54 Å². The molecule has 1 unspecified atom stereocenters. The lowest BCUT2D eigenvalue weighted by molar-refractivity contribution is -0.153. The topological polar surface area (TPSA) is 155 Å². The Morgan fingerprint density at radius 3 is 1.86 bits per heavy atom. The number of ether oxygens (including phenoxy) is 2. The first kappa shape index (κ1) is 27.7. The number of hydrogen-bond donors (Lipinski definition) is 4. The number of carbonyl (C=O) groups excluding carboxylic acids is 3. The average Bonchev–Trinajstić information content (AvgIpc) is 2.87. The molecule has 11 heteroatoms. The van der Waals surface area contributed by atoms with Crippen molar-refractivity contribution in [2.45, 2.75) is 89.5 Å². The Balaban J connectivity index is 1.44. The van der Waals surface area contributed by atoms with Gasteiger partial charge in [-0.25, -0.2) is 14.4 Å². The highest BCUT2D eigenvalue weighted by Gasteiger charge is 2.43. The Morgan fingerprint density at radius 2 is 1.39 bits per heavy atom. The quantitative estimate of drug-likeness (QED) is 0.153. The van der Waals surface area contributed by atoms with Crippen LogP contribution in [0.4, 0.5) is 9.59 Å². The van der Waals surface area contributed by atoms with Gasteiger partial charge in [0.2, 0.25) is 11.9 Å². The number of β-lactam (4-membered cyclic amide) rings is 1. The van der Waals surface area contributed by atoms with Crippen LogP contribution in [0.5, 0.6) is 0 Å². The zero-order valence-corrected chi connectivity index (χ0v) is 21.0. The van der Waals surface area contributed by atoms with Crippen LogP contribution in [0.2, 0.25) is 0 Å². The van der Waals surface area contributed by atoms with E-state index in [2.05, 4.69) is 20.9 Å². The number of amides is 3. The lowest BCUT2D eigenvalue weighted by Gasteiger charge is -2.33. The van der Waals surface area contributed by atoms with Crippen LogP contribution in [0.1, 0.15) is 83.5 Å². The Bertz CT molecular complexity index is 753. The summed E-state index contributed by atoms with van der Waals surface area (Å²) in [6.07, 6.45) is 11.4. The first-order valence-electron chi connectivity index (χ1n) is 13.4. The zero-order chi connectivity index (χ0) is 25.8. The molecule has 0 aromatic rings. The Morgan fingerprint density at radius 1 is 0.861 bits per heavy atom. The molecule has 3 rings (SSSR count). The van der Waals surface area contributed by atoms with Gasteiger partial charge in [-0.05, 0) is 50.4 Å². The second-order valence-corrected chi connectivity index (χ2v) is 10.1. The summed E-state index contributed by atoms with van der Waals surface area (Å²) in [5.41, 5.74) is 0. The van der Waals surface area contributed by atoms with E-state index < -0.39 is 30.1 Å². The summed E-state index contributed by atoms with van der Waals surface area (Å²) in [6, 6.07) is -0.835. The number of guanidine groups is 1. The highest BCUT2D eigenvalue weighted by Crippen LogP contribution is 2.25. The standard InChI is InChI=1S/C25H40N4O7/c30-21-19(20(27-21)22(31)32)13-7-8-14-26-23(28-24(33)35-15-17-9-3-1-4-10-17)29-25(34)36-16-18-11-5-2-6-12-18/h17-20H,1-16H2,(H,27,30)(H,31,32)(H2,26,28,29,33,34)/t19-,20?/m1/s1. The number of unbranched alkanes of at least 4 members (excludes halogenated alkanes) is 1. The Labute approximate surface area is 212 Å². The third kappa shape index (κ3) is 9.31. The number of carboxylic acids is 1. The van der Waals surface area contributed by atoms with Crippen molar-refractivity contribution in [2.24, 2.45) is 22.7 Å². The van der Waals surface area contributed by atoms with E-state index in [1.54, 1.807) is 0 Å². The van der Waals surface area contributed by atoms with E-state index in [0.29, 0.717) is 44.3 Å². The van der Waals surface area contributed by atoms with Gasteiger partial charge in [-0.3, -0.25) is 20.4 Å². The molecular formula is C25H40N4O7. The fourth-order valence-corrected chi connectivity index (χ4v) is 5.09. The second kappa shape index (κ2) is 14.6. The van der Waals surface area contributed by atoms with E-state index in [9.17, 15) is 19.2 Å². The van der Waals surface area contributed by atoms with Crippen LogP contribution in [0.25, 0.3) is 0 Å². The van der Waals surface area contributed by atoms with Crippen LogP contribution < -0.4 is 16.0 Å². The fraction of sp³-hybridized carbons (Fsp3) is 0.800.